The predicted octanol–water partition coefficient (Wildman–Crippen LogP) is 2.15. The molecule has 0 aliphatic carbocycles. The average Bonchev–Trinajstić information content (AvgIpc) is 2.62. The van der Waals surface area contributed by atoms with E-state index < -0.39 is 17.7 Å². The number of nitrogens with one attached hydrogen (secondary N) is 3. The fourth-order valence-corrected chi connectivity index (χ4v) is 2.17. The average molecular weight is 406 g/mol. The third kappa shape index (κ3) is 5.61. The molecule has 130 valence electrons. The largest absolute Gasteiger partial charge is 0.495 e. The number of para-hydroxylation sites is 2. The van der Waals surface area contributed by atoms with Crippen LogP contribution in [0.15, 0.2) is 53.0 Å². The van der Waals surface area contributed by atoms with Crippen molar-refractivity contribution in [3.63, 3.8) is 0 Å². The lowest BCUT2D eigenvalue weighted by Gasteiger charge is -2.10. The van der Waals surface area contributed by atoms with Gasteiger partial charge in [0.25, 0.3) is 0 Å². The summed E-state index contributed by atoms with van der Waals surface area (Å²) in [7, 11) is 1.49. The molecule has 0 aliphatic rings. The minimum atomic E-state index is -0.905. The minimum Gasteiger partial charge on any atom is -0.495 e. The van der Waals surface area contributed by atoms with E-state index in [1.807, 2.05) is 0 Å². The van der Waals surface area contributed by atoms with Crippen molar-refractivity contribution in [1.29, 1.82) is 0 Å². The number of methoxy groups -OCH3 is 1. The monoisotopic (exact) mass is 405 g/mol. The molecule has 0 fully saturated rings. The zero-order chi connectivity index (χ0) is 18.2. The Bertz CT molecular complexity index is 778. The fraction of sp³-hybridized carbons (Fsp3) is 0.118. The van der Waals surface area contributed by atoms with Gasteiger partial charge in [0.15, 0.2) is 0 Å². The van der Waals surface area contributed by atoms with Gasteiger partial charge < -0.3 is 20.7 Å². The van der Waals surface area contributed by atoms with Crippen molar-refractivity contribution < 1.29 is 19.1 Å². The van der Waals surface area contributed by atoms with Crippen LogP contribution < -0.4 is 20.7 Å². The second-order valence-corrected chi connectivity index (χ2v) is 5.81. The second kappa shape index (κ2) is 8.84. The highest BCUT2D eigenvalue weighted by molar-refractivity contribution is 9.10. The molecule has 0 unspecified atom stereocenters. The van der Waals surface area contributed by atoms with Gasteiger partial charge in [0, 0.05) is 10.2 Å². The Balaban J connectivity index is 1.83. The zero-order valence-electron chi connectivity index (χ0n) is 13.3. The van der Waals surface area contributed by atoms with Gasteiger partial charge in [0.2, 0.25) is 5.91 Å². The highest BCUT2D eigenvalue weighted by Gasteiger charge is 2.15. The zero-order valence-corrected chi connectivity index (χ0v) is 14.9. The molecule has 25 heavy (non-hydrogen) atoms. The quantitative estimate of drug-likeness (QED) is 0.663. The van der Waals surface area contributed by atoms with Crippen LogP contribution in [0.2, 0.25) is 0 Å². The third-order valence-electron chi connectivity index (χ3n) is 3.10. The van der Waals surface area contributed by atoms with Crippen molar-refractivity contribution in [2.45, 2.75) is 0 Å². The smallest absolute Gasteiger partial charge is 0.313 e. The summed E-state index contributed by atoms with van der Waals surface area (Å²) in [6, 6.07) is 13.6. The Morgan fingerprint density at radius 1 is 0.960 bits per heavy atom. The van der Waals surface area contributed by atoms with E-state index in [1.54, 1.807) is 48.5 Å². The molecule has 0 radical (unpaired) electrons. The molecule has 2 aromatic rings. The summed E-state index contributed by atoms with van der Waals surface area (Å²) in [5.74, 6) is -1.74. The number of carbonyl (C=O) groups is 3. The number of ether oxygens (including phenoxy) is 1. The summed E-state index contributed by atoms with van der Waals surface area (Å²) in [5, 5.41) is 7.29. The molecule has 7 nitrogen and oxygen atoms in total. The molecule has 3 N–H and O–H groups in total. The summed E-state index contributed by atoms with van der Waals surface area (Å²) >= 11 is 3.27. The first kappa shape index (κ1) is 18.5. The summed E-state index contributed by atoms with van der Waals surface area (Å²) in [6.45, 7) is -0.343. The summed E-state index contributed by atoms with van der Waals surface area (Å²) < 4.78 is 5.97. The fourth-order valence-electron chi connectivity index (χ4n) is 1.90. The molecule has 0 atom stereocenters. The molecule has 0 saturated heterocycles. The Kier molecular flexibility index (Phi) is 6.53. The number of carbonyl (C=O) groups excluding carboxylic acids is 3. The van der Waals surface area contributed by atoms with Gasteiger partial charge in [0.05, 0.1) is 19.3 Å². The highest BCUT2D eigenvalue weighted by atomic mass is 79.9. The van der Waals surface area contributed by atoms with Crippen LogP contribution in [0, 0.1) is 0 Å². The van der Waals surface area contributed by atoms with Gasteiger partial charge in [-0.25, -0.2) is 0 Å². The molecule has 3 amide bonds. The first-order valence-corrected chi connectivity index (χ1v) is 8.06. The lowest BCUT2D eigenvalue weighted by Crippen LogP contribution is -2.39. The van der Waals surface area contributed by atoms with Gasteiger partial charge in [-0.05, 0) is 36.4 Å². The van der Waals surface area contributed by atoms with Gasteiger partial charge in [-0.3, -0.25) is 14.4 Å². The lowest BCUT2D eigenvalue weighted by molar-refractivity contribution is -0.136. The number of benzene rings is 2. The Morgan fingerprint density at radius 3 is 2.32 bits per heavy atom. The van der Waals surface area contributed by atoms with Crippen molar-refractivity contribution in [2.24, 2.45) is 0 Å². The molecule has 2 aromatic carbocycles. The van der Waals surface area contributed by atoms with Gasteiger partial charge in [0.1, 0.15) is 5.75 Å². The normalized spacial score (nSPS) is 9.84. The molecular formula is C17H16BrN3O4. The second-order valence-electron chi connectivity index (χ2n) is 4.89. The van der Waals surface area contributed by atoms with Crippen molar-refractivity contribution >= 4 is 45.0 Å². The summed E-state index contributed by atoms with van der Waals surface area (Å²) in [4.78, 5) is 35.4. The first-order valence-electron chi connectivity index (χ1n) is 7.27. The molecule has 0 heterocycles. The lowest BCUT2D eigenvalue weighted by atomic mass is 10.3. The SMILES string of the molecule is COc1ccccc1NC(=O)CNC(=O)C(=O)Nc1ccc(Br)cc1. The number of amides is 3. The van der Waals surface area contributed by atoms with Crippen molar-refractivity contribution in [3.8, 4) is 5.75 Å². The van der Waals surface area contributed by atoms with Crippen molar-refractivity contribution in [3.05, 3.63) is 53.0 Å². The Morgan fingerprint density at radius 2 is 1.64 bits per heavy atom. The van der Waals surface area contributed by atoms with Crippen molar-refractivity contribution in [2.75, 3.05) is 24.3 Å². The summed E-state index contributed by atoms with van der Waals surface area (Å²) in [5.41, 5.74) is 0.949. The maximum atomic E-state index is 11.9. The van der Waals surface area contributed by atoms with E-state index in [0.717, 1.165) is 4.47 Å². The maximum Gasteiger partial charge on any atom is 0.313 e. The molecule has 8 heteroatoms. The van der Waals surface area contributed by atoms with Crippen molar-refractivity contribution in [1.82, 2.24) is 5.32 Å². The molecule has 0 saturated carbocycles. The first-order chi connectivity index (χ1) is 12.0. The van der Waals surface area contributed by atoms with E-state index in [9.17, 15) is 14.4 Å². The molecular weight excluding hydrogens is 390 g/mol. The number of hydrogen-bond acceptors (Lipinski definition) is 4. The van der Waals surface area contributed by atoms with Crippen LogP contribution in [0.1, 0.15) is 0 Å². The summed E-state index contributed by atoms with van der Waals surface area (Å²) in [6.07, 6.45) is 0. The number of hydrogen-bond donors (Lipinski definition) is 3. The molecule has 0 aromatic heterocycles. The van der Waals surface area contributed by atoms with Crippen LogP contribution in [0.4, 0.5) is 11.4 Å². The van der Waals surface area contributed by atoms with Crippen LogP contribution in [0.25, 0.3) is 0 Å². The predicted molar refractivity (Wildman–Crippen MR) is 97.4 cm³/mol. The van der Waals surface area contributed by atoms with E-state index in [0.29, 0.717) is 17.1 Å². The highest BCUT2D eigenvalue weighted by Crippen LogP contribution is 2.22. The van der Waals surface area contributed by atoms with E-state index in [2.05, 4.69) is 31.9 Å². The van der Waals surface area contributed by atoms with E-state index in [-0.39, 0.29) is 6.54 Å². The number of anilines is 2. The Hall–Kier alpha value is -2.87. The van der Waals surface area contributed by atoms with Crippen LogP contribution >= 0.6 is 15.9 Å². The molecule has 0 aliphatic heterocycles. The standard InChI is InChI=1S/C17H16BrN3O4/c1-25-14-5-3-2-4-13(14)21-15(22)10-19-16(23)17(24)20-12-8-6-11(18)7-9-12/h2-9H,10H2,1H3,(H,19,23)(H,20,24)(H,21,22). The van der Waals surface area contributed by atoms with Gasteiger partial charge >= 0.3 is 11.8 Å². The van der Waals surface area contributed by atoms with Gasteiger partial charge in [-0.15, -0.1) is 0 Å². The van der Waals surface area contributed by atoms with E-state index in [1.165, 1.54) is 7.11 Å². The van der Waals surface area contributed by atoms with Crippen LogP contribution in [-0.2, 0) is 14.4 Å². The minimum absolute atomic E-state index is 0.343. The third-order valence-corrected chi connectivity index (χ3v) is 3.63. The van der Waals surface area contributed by atoms with E-state index >= 15 is 0 Å². The molecule has 2 rings (SSSR count). The molecule has 0 bridgehead atoms. The maximum absolute atomic E-state index is 11.9. The van der Waals surface area contributed by atoms with Gasteiger partial charge in [-0.2, -0.15) is 0 Å². The molecule has 0 spiro atoms. The van der Waals surface area contributed by atoms with Crippen LogP contribution in [-0.4, -0.2) is 31.4 Å². The Labute approximate surface area is 152 Å². The number of rotatable bonds is 5. The van der Waals surface area contributed by atoms with Crippen LogP contribution in [0.5, 0.6) is 5.75 Å². The van der Waals surface area contributed by atoms with Gasteiger partial charge in [-0.1, -0.05) is 28.1 Å². The topological polar surface area (TPSA) is 96.5 Å². The number of halogens is 1. The van der Waals surface area contributed by atoms with E-state index in [4.69, 9.17) is 4.74 Å². The van der Waals surface area contributed by atoms with Crippen LogP contribution in [0.3, 0.4) is 0 Å².